The van der Waals surface area contributed by atoms with Crippen molar-refractivity contribution >= 4 is 85.5 Å². The summed E-state index contributed by atoms with van der Waals surface area (Å²) in [7, 11) is 0. The zero-order valence-electron chi connectivity index (χ0n) is 21.8. The minimum Gasteiger partial charge on any atom is -0.309 e. The van der Waals surface area contributed by atoms with Crippen molar-refractivity contribution in [3.05, 3.63) is 126 Å². The van der Waals surface area contributed by atoms with Gasteiger partial charge >= 0.3 is 0 Å². The van der Waals surface area contributed by atoms with Crippen LogP contribution >= 0.6 is 22.7 Å². The molecule has 3 aromatic heterocycles. The molecule has 3 heteroatoms. The number of hydrogen-bond acceptors (Lipinski definition) is 2. The van der Waals surface area contributed by atoms with Gasteiger partial charge in [-0.1, -0.05) is 72.8 Å². The SMILES string of the molecule is Cc1csc2c1cc(-c1ccc3c(c1)c1ccccc1n3-c1ccccc1)c1ccc3c4ccccc4sc3c12. The highest BCUT2D eigenvalue weighted by Crippen LogP contribution is 2.47. The molecule has 0 bridgehead atoms. The molecule has 0 aliphatic heterocycles. The molecule has 0 amide bonds. The summed E-state index contributed by atoms with van der Waals surface area (Å²) in [4.78, 5) is 0. The Bertz CT molecular complexity index is 2440. The summed E-state index contributed by atoms with van der Waals surface area (Å²) in [5, 5.41) is 11.7. The average Bonchev–Trinajstić information content (AvgIpc) is 3.68. The van der Waals surface area contributed by atoms with E-state index in [4.69, 9.17) is 0 Å². The lowest BCUT2D eigenvalue weighted by molar-refractivity contribution is 1.18. The molecule has 0 saturated heterocycles. The Kier molecular flexibility index (Phi) is 4.63. The number of aryl methyl sites for hydroxylation is 1. The van der Waals surface area contributed by atoms with Crippen molar-refractivity contribution in [3.8, 4) is 16.8 Å². The van der Waals surface area contributed by atoms with E-state index in [1.54, 1.807) is 0 Å². The number of hydrogen-bond donors (Lipinski definition) is 0. The van der Waals surface area contributed by atoms with Crippen molar-refractivity contribution in [3.63, 3.8) is 0 Å². The van der Waals surface area contributed by atoms with E-state index in [-0.39, 0.29) is 0 Å². The normalized spacial score (nSPS) is 12.1. The lowest BCUT2D eigenvalue weighted by Crippen LogP contribution is -1.92. The largest absolute Gasteiger partial charge is 0.309 e. The molecule has 0 aliphatic carbocycles. The summed E-state index contributed by atoms with van der Waals surface area (Å²) in [6.45, 7) is 2.25. The predicted octanol–water partition coefficient (Wildman–Crippen LogP) is 11.5. The van der Waals surface area contributed by atoms with Gasteiger partial charge in [-0.2, -0.15) is 0 Å². The Labute approximate surface area is 239 Å². The molecule has 0 aliphatic rings. The van der Waals surface area contributed by atoms with Gasteiger partial charge in [0, 0.05) is 46.7 Å². The molecule has 188 valence electrons. The molecular weight excluding hydrogens is 523 g/mol. The third-order valence-corrected chi connectivity index (χ3v) is 10.7. The van der Waals surface area contributed by atoms with E-state index in [0.717, 1.165) is 0 Å². The smallest absolute Gasteiger partial charge is 0.0541 e. The molecule has 0 radical (unpaired) electrons. The fourth-order valence-corrected chi connectivity index (χ4v) is 8.94. The summed E-state index contributed by atoms with van der Waals surface area (Å²) >= 11 is 3.81. The number of benzene rings is 6. The third kappa shape index (κ3) is 3.02. The minimum absolute atomic E-state index is 1.19. The van der Waals surface area contributed by atoms with Crippen molar-refractivity contribution < 1.29 is 0 Å². The first-order chi connectivity index (χ1) is 19.8. The number of thiophene rings is 2. The van der Waals surface area contributed by atoms with Gasteiger partial charge in [-0.15, -0.1) is 22.7 Å². The molecule has 0 spiro atoms. The van der Waals surface area contributed by atoms with Gasteiger partial charge in [0.05, 0.1) is 11.0 Å². The first-order valence-electron chi connectivity index (χ1n) is 13.6. The fourth-order valence-electron chi connectivity index (χ4n) is 6.52. The maximum Gasteiger partial charge on any atom is 0.0541 e. The van der Waals surface area contributed by atoms with Crippen LogP contribution in [0.4, 0.5) is 0 Å². The van der Waals surface area contributed by atoms with Crippen LogP contribution in [0.3, 0.4) is 0 Å². The lowest BCUT2D eigenvalue weighted by Gasteiger charge is -2.12. The minimum atomic E-state index is 1.19. The van der Waals surface area contributed by atoms with Crippen LogP contribution in [-0.2, 0) is 0 Å². The van der Waals surface area contributed by atoms with Crippen molar-refractivity contribution in [2.75, 3.05) is 0 Å². The second-order valence-electron chi connectivity index (χ2n) is 10.6. The van der Waals surface area contributed by atoms with Gasteiger partial charge in [0.1, 0.15) is 0 Å². The van der Waals surface area contributed by atoms with Gasteiger partial charge in [0.2, 0.25) is 0 Å². The monoisotopic (exact) mass is 545 g/mol. The Morgan fingerprint density at radius 3 is 2.20 bits per heavy atom. The van der Waals surface area contributed by atoms with E-state index in [1.165, 1.54) is 85.2 Å². The van der Waals surface area contributed by atoms with E-state index in [0.29, 0.717) is 0 Å². The Morgan fingerprint density at radius 2 is 1.30 bits per heavy atom. The fraction of sp³-hybridized carbons (Fsp3) is 0.0270. The highest BCUT2D eigenvalue weighted by atomic mass is 32.1. The van der Waals surface area contributed by atoms with Gasteiger partial charge in [-0.3, -0.25) is 0 Å². The molecule has 0 saturated carbocycles. The van der Waals surface area contributed by atoms with Crippen LogP contribution in [0, 0.1) is 6.92 Å². The van der Waals surface area contributed by atoms with Gasteiger partial charge in [-0.25, -0.2) is 0 Å². The number of nitrogens with zero attached hydrogens (tertiary/aromatic N) is 1. The predicted molar refractivity (Wildman–Crippen MR) is 177 cm³/mol. The quantitative estimate of drug-likeness (QED) is 0.204. The van der Waals surface area contributed by atoms with Crippen LogP contribution < -0.4 is 0 Å². The average molecular weight is 546 g/mol. The van der Waals surface area contributed by atoms with Crippen molar-refractivity contribution in [2.45, 2.75) is 6.92 Å². The zero-order chi connectivity index (χ0) is 26.4. The number of aromatic nitrogens is 1. The maximum absolute atomic E-state index is 2.43. The molecule has 6 aromatic carbocycles. The van der Waals surface area contributed by atoms with Gasteiger partial charge in [0.15, 0.2) is 0 Å². The summed E-state index contributed by atoms with van der Waals surface area (Å²) < 4.78 is 6.54. The first kappa shape index (κ1) is 22.4. The molecule has 0 atom stereocenters. The molecule has 9 aromatic rings. The van der Waals surface area contributed by atoms with Gasteiger partial charge < -0.3 is 4.57 Å². The van der Waals surface area contributed by atoms with Crippen LogP contribution in [-0.4, -0.2) is 4.57 Å². The number of rotatable bonds is 2. The second-order valence-corrected chi connectivity index (χ2v) is 12.5. The lowest BCUT2D eigenvalue weighted by atomic mass is 9.93. The molecular formula is C37H23NS2. The maximum atomic E-state index is 2.43. The summed E-state index contributed by atoms with van der Waals surface area (Å²) in [6.07, 6.45) is 0. The van der Waals surface area contributed by atoms with Crippen LogP contribution in [0.15, 0.2) is 121 Å². The first-order valence-corrected chi connectivity index (χ1v) is 15.3. The zero-order valence-corrected chi connectivity index (χ0v) is 23.4. The van der Waals surface area contributed by atoms with E-state index < -0.39 is 0 Å². The highest BCUT2D eigenvalue weighted by molar-refractivity contribution is 7.27. The standard InChI is InChI=1S/C37H23NS2/c1-22-21-39-36-29(22)20-30(27-16-17-28-26-12-6-8-14-34(26)40-37(28)35(27)36)23-15-18-33-31(19-23)25-11-5-7-13-32(25)38(33)24-9-3-2-4-10-24/h2-21H,1H3. The number of fused-ring (bicyclic) bond motifs is 10. The van der Waals surface area contributed by atoms with E-state index in [9.17, 15) is 0 Å². The van der Waals surface area contributed by atoms with E-state index >= 15 is 0 Å². The van der Waals surface area contributed by atoms with Crippen LogP contribution in [0.5, 0.6) is 0 Å². The molecule has 3 heterocycles. The Morgan fingerprint density at radius 1 is 0.550 bits per heavy atom. The van der Waals surface area contributed by atoms with Crippen LogP contribution in [0.2, 0.25) is 0 Å². The molecule has 40 heavy (non-hydrogen) atoms. The van der Waals surface area contributed by atoms with E-state index in [1.807, 2.05) is 22.7 Å². The molecule has 1 nitrogen and oxygen atoms in total. The molecule has 0 N–H and O–H groups in total. The molecule has 0 fully saturated rings. The number of para-hydroxylation sites is 2. The topological polar surface area (TPSA) is 4.93 Å². The van der Waals surface area contributed by atoms with Crippen molar-refractivity contribution in [1.82, 2.24) is 4.57 Å². The van der Waals surface area contributed by atoms with Gasteiger partial charge in [-0.05, 0) is 82.2 Å². The van der Waals surface area contributed by atoms with Gasteiger partial charge in [0.25, 0.3) is 0 Å². The molecule has 0 unspecified atom stereocenters. The summed E-state index contributed by atoms with van der Waals surface area (Å²) in [6, 6.07) is 42.5. The van der Waals surface area contributed by atoms with Crippen molar-refractivity contribution in [1.29, 1.82) is 0 Å². The highest BCUT2D eigenvalue weighted by Gasteiger charge is 2.18. The summed E-state index contributed by atoms with van der Waals surface area (Å²) in [5.41, 5.74) is 7.59. The van der Waals surface area contributed by atoms with E-state index in [2.05, 4.69) is 132 Å². The molecule has 9 rings (SSSR count). The van der Waals surface area contributed by atoms with Crippen molar-refractivity contribution in [2.24, 2.45) is 0 Å². The Hall–Kier alpha value is -4.44. The van der Waals surface area contributed by atoms with Crippen LogP contribution in [0.25, 0.3) is 79.7 Å². The Balaban J connectivity index is 1.39. The van der Waals surface area contributed by atoms with Crippen LogP contribution in [0.1, 0.15) is 5.56 Å². The second kappa shape index (κ2) is 8.28. The third-order valence-electron chi connectivity index (χ3n) is 8.37. The summed E-state index contributed by atoms with van der Waals surface area (Å²) in [5.74, 6) is 0.